The van der Waals surface area contributed by atoms with Gasteiger partial charge in [0.05, 0.1) is 26.0 Å². The minimum absolute atomic E-state index is 0.0806. The van der Waals surface area contributed by atoms with Gasteiger partial charge in [0.15, 0.2) is 5.03 Å². The van der Waals surface area contributed by atoms with Gasteiger partial charge in [0, 0.05) is 13.2 Å². The second kappa shape index (κ2) is 8.72. The summed E-state index contributed by atoms with van der Waals surface area (Å²) < 4.78 is 36.2. The number of aliphatic hydroxyl groups excluding tert-OH is 1. The molecule has 1 aromatic heterocycles. The zero-order chi connectivity index (χ0) is 15.7. The van der Waals surface area contributed by atoms with Crippen LogP contribution in [0.3, 0.4) is 0 Å². The quantitative estimate of drug-likeness (QED) is 0.382. The fraction of sp³-hybridized carbons (Fsp3) is 0.636. The zero-order valence-electron chi connectivity index (χ0n) is 11.7. The van der Waals surface area contributed by atoms with Crippen molar-refractivity contribution in [2.24, 2.45) is 0 Å². The average Bonchev–Trinajstić information content (AvgIpc) is 2.93. The standard InChI is InChI=1S/C11H19N3O6S/c1-2-20-11(16)9-8-12-14-10(9)21(17,18)13-4-3-6-19-7-5-15/h8,13,15H,2-7H2,1H3,(H,12,14). The second-order valence-corrected chi connectivity index (χ2v) is 5.62. The van der Waals surface area contributed by atoms with Gasteiger partial charge in [-0.2, -0.15) is 5.10 Å². The molecule has 0 radical (unpaired) electrons. The summed E-state index contributed by atoms with van der Waals surface area (Å²) in [5, 5.41) is 14.0. The fourth-order valence-corrected chi connectivity index (χ4v) is 2.61. The van der Waals surface area contributed by atoms with Crippen LogP contribution in [0.1, 0.15) is 23.7 Å². The van der Waals surface area contributed by atoms with E-state index in [2.05, 4.69) is 14.9 Å². The number of esters is 1. The normalized spacial score (nSPS) is 11.5. The highest BCUT2D eigenvalue weighted by Gasteiger charge is 2.25. The van der Waals surface area contributed by atoms with Crippen molar-refractivity contribution in [2.75, 3.05) is 33.0 Å². The number of carbonyl (C=O) groups excluding carboxylic acids is 1. The summed E-state index contributed by atoms with van der Waals surface area (Å²) in [6, 6.07) is 0. The molecule has 120 valence electrons. The number of ether oxygens (including phenoxy) is 2. The van der Waals surface area contributed by atoms with E-state index < -0.39 is 16.0 Å². The Kier molecular flexibility index (Phi) is 7.29. The van der Waals surface area contributed by atoms with Gasteiger partial charge in [-0.05, 0) is 13.3 Å². The Morgan fingerprint density at radius 3 is 2.90 bits per heavy atom. The lowest BCUT2D eigenvalue weighted by Gasteiger charge is -2.07. The number of carbonyl (C=O) groups is 1. The van der Waals surface area contributed by atoms with Crippen LogP contribution in [0, 0.1) is 0 Å². The monoisotopic (exact) mass is 321 g/mol. The number of rotatable bonds is 10. The third-order valence-electron chi connectivity index (χ3n) is 2.36. The summed E-state index contributed by atoms with van der Waals surface area (Å²) in [5.74, 6) is -0.752. The molecule has 1 aromatic rings. The number of hydrogen-bond donors (Lipinski definition) is 3. The van der Waals surface area contributed by atoms with Crippen molar-refractivity contribution in [2.45, 2.75) is 18.4 Å². The van der Waals surface area contributed by atoms with Crippen molar-refractivity contribution in [3.05, 3.63) is 11.8 Å². The molecule has 0 unspecified atom stereocenters. The van der Waals surface area contributed by atoms with E-state index in [1.807, 2.05) is 0 Å². The highest BCUT2D eigenvalue weighted by atomic mass is 32.2. The number of aliphatic hydroxyl groups is 1. The van der Waals surface area contributed by atoms with Gasteiger partial charge in [0.25, 0.3) is 10.0 Å². The van der Waals surface area contributed by atoms with Crippen molar-refractivity contribution in [1.82, 2.24) is 14.9 Å². The highest BCUT2D eigenvalue weighted by Crippen LogP contribution is 2.12. The molecule has 0 spiro atoms. The van der Waals surface area contributed by atoms with Crippen molar-refractivity contribution in [3.8, 4) is 0 Å². The molecule has 0 aromatic carbocycles. The van der Waals surface area contributed by atoms with Crippen LogP contribution in [0.2, 0.25) is 0 Å². The summed E-state index contributed by atoms with van der Waals surface area (Å²) in [5.41, 5.74) is -0.138. The predicted octanol–water partition coefficient (Wildman–Crippen LogP) is -0.736. The number of aromatic nitrogens is 2. The summed E-state index contributed by atoms with van der Waals surface area (Å²) in [6.07, 6.45) is 1.54. The minimum atomic E-state index is -3.88. The molecule has 0 bridgehead atoms. The number of aromatic amines is 1. The Morgan fingerprint density at radius 1 is 1.48 bits per heavy atom. The van der Waals surface area contributed by atoms with Crippen LogP contribution in [0.25, 0.3) is 0 Å². The first-order chi connectivity index (χ1) is 10.0. The highest BCUT2D eigenvalue weighted by molar-refractivity contribution is 7.89. The first kappa shape index (κ1) is 17.6. The summed E-state index contributed by atoms with van der Waals surface area (Å²) in [6.45, 7) is 2.34. The molecule has 0 aliphatic carbocycles. The zero-order valence-corrected chi connectivity index (χ0v) is 12.5. The molecule has 0 saturated carbocycles. The minimum Gasteiger partial charge on any atom is -0.462 e. The molecule has 1 heterocycles. The number of nitrogens with zero attached hydrogens (tertiary/aromatic N) is 1. The molecular formula is C11H19N3O6S. The van der Waals surface area contributed by atoms with Crippen LogP contribution in [0.15, 0.2) is 11.2 Å². The Hall–Kier alpha value is -1.49. The Morgan fingerprint density at radius 2 is 2.24 bits per heavy atom. The SMILES string of the molecule is CCOC(=O)c1cn[nH]c1S(=O)(=O)NCCCOCCO. The lowest BCUT2D eigenvalue weighted by Crippen LogP contribution is -2.27. The number of H-pyrrole nitrogens is 1. The van der Waals surface area contributed by atoms with Gasteiger partial charge in [-0.1, -0.05) is 0 Å². The molecule has 21 heavy (non-hydrogen) atoms. The molecule has 0 fully saturated rings. The van der Waals surface area contributed by atoms with E-state index >= 15 is 0 Å². The van der Waals surface area contributed by atoms with Gasteiger partial charge in [0.2, 0.25) is 0 Å². The third-order valence-corrected chi connectivity index (χ3v) is 3.79. The van der Waals surface area contributed by atoms with Crippen LogP contribution in [-0.2, 0) is 19.5 Å². The lowest BCUT2D eigenvalue weighted by atomic mass is 10.4. The maximum absolute atomic E-state index is 12.0. The molecule has 1 rings (SSSR count). The van der Waals surface area contributed by atoms with Crippen LogP contribution >= 0.6 is 0 Å². The topological polar surface area (TPSA) is 131 Å². The average molecular weight is 321 g/mol. The molecular weight excluding hydrogens is 302 g/mol. The van der Waals surface area contributed by atoms with E-state index in [-0.39, 0.29) is 37.0 Å². The molecule has 9 nitrogen and oxygen atoms in total. The Bertz CT molecular complexity index is 542. The number of hydrogen-bond acceptors (Lipinski definition) is 7. The molecule has 0 saturated heterocycles. The largest absolute Gasteiger partial charge is 0.462 e. The van der Waals surface area contributed by atoms with Gasteiger partial charge in [-0.25, -0.2) is 17.9 Å². The fourth-order valence-electron chi connectivity index (χ4n) is 1.45. The van der Waals surface area contributed by atoms with Crippen LogP contribution in [0.4, 0.5) is 0 Å². The van der Waals surface area contributed by atoms with E-state index in [4.69, 9.17) is 14.6 Å². The number of sulfonamides is 1. The van der Waals surface area contributed by atoms with Gasteiger partial charge < -0.3 is 14.6 Å². The third kappa shape index (κ3) is 5.42. The van der Waals surface area contributed by atoms with Crippen LogP contribution in [-0.4, -0.2) is 62.7 Å². The maximum atomic E-state index is 12.0. The van der Waals surface area contributed by atoms with Gasteiger partial charge in [-0.15, -0.1) is 0 Å². The molecule has 0 atom stereocenters. The predicted molar refractivity (Wildman–Crippen MR) is 72.3 cm³/mol. The second-order valence-electron chi connectivity index (χ2n) is 3.92. The van der Waals surface area contributed by atoms with Crippen molar-refractivity contribution < 1.29 is 27.8 Å². The van der Waals surface area contributed by atoms with E-state index in [1.165, 1.54) is 0 Å². The van der Waals surface area contributed by atoms with E-state index in [1.54, 1.807) is 6.92 Å². The Balaban J connectivity index is 2.59. The Labute approximate surface area is 122 Å². The summed E-state index contributed by atoms with van der Waals surface area (Å²) in [7, 11) is -3.88. The first-order valence-electron chi connectivity index (χ1n) is 6.41. The van der Waals surface area contributed by atoms with Gasteiger partial charge in [0.1, 0.15) is 5.56 Å². The molecule has 0 aliphatic heterocycles. The molecule has 0 aliphatic rings. The first-order valence-corrected chi connectivity index (χ1v) is 7.90. The smallest absolute Gasteiger partial charge is 0.342 e. The summed E-state index contributed by atoms with van der Waals surface area (Å²) >= 11 is 0. The van der Waals surface area contributed by atoms with Crippen LogP contribution < -0.4 is 4.72 Å². The van der Waals surface area contributed by atoms with Crippen molar-refractivity contribution in [3.63, 3.8) is 0 Å². The summed E-state index contributed by atoms with van der Waals surface area (Å²) in [4.78, 5) is 11.6. The van der Waals surface area contributed by atoms with Crippen LogP contribution in [0.5, 0.6) is 0 Å². The van der Waals surface area contributed by atoms with Crippen molar-refractivity contribution in [1.29, 1.82) is 0 Å². The molecule has 10 heteroatoms. The lowest BCUT2D eigenvalue weighted by molar-refractivity contribution is 0.0522. The molecule has 0 amide bonds. The van der Waals surface area contributed by atoms with Gasteiger partial charge in [-0.3, -0.25) is 5.10 Å². The van der Waals surface area contributed by atoms with E-state index in [0.29, 0.717) is 13.0 Å². The van der Waals surface area contributed by atoms with E-state index in [9.17, 15) is 13.2 Å². The van der Waals surface area contributed by atoms with Crippen molar-refractivity contribution >= 4 is 16.0 Å². The van der Waals surface area contributed by atoms with E-state index in [0.717, 1.165) is 6.20 Å². The van der Waals surface area contributed by atoms with Gasteiger partial charge >= 0.3 is 5.97 Å². The maximum Gasteiger partial charge on any atom is 0.342 e. The molecule has 3 N–H and O–H groups in total. The number of nitrogens with one attached hydrogen (secondary N) is 2.